The molecule has 2 aromatic carbocycles. The van der Waals surface area contributed by atoms with Crippen molar-refractivity contribution in [2.45, 2.75) is 39.7 Å². The van der Waals surface area contributed by atoms with Gasteiger partial charge in [0.15, 0.2) is 0 Å². The minimum absolute atomic E-state index is 0.00917. The zero-order valence-electron chi connectivity index (χ0n) is 15.5. The number of carbonyl (C=O) groups is 1. The number of hydrogen-bond donors (Lipinski definition) is 1. The molecule has 2 aromatic rings. The van der Waals surface area contributed by atoms with Gasteiger partial charge in [0.05, 0.1) is 19.8 Å². The Bertz CT molecular complexity index is 695. The van der Waals surface area contributed by atoms with E-state index in [1.165, 1.54) is 16.7 Å². The molecule has 0 spiro atoms. The van der Waals surface area contributed by atoms with Crippen molar-refractivity contribution in [3.63, 3.8) is 0 Å². The molecule has 0 fully saturated rings. The molecule has 4 nitrogen and oxygen atoms in total. The predicted octanol–water partition coefficient (Wildman–Crippen LogP) is 4.35. The van der Waals surface area contributed by atoms with Crippen LogP contribution in [-0.2, 0) is 4.79 Å². The van der Waals surface area contributed by atoms with Crippen molar-refractivity contribution < 1.29 is 14.3 Å². The molecule has 0 aromatic heterocycles. The summed E-state index contributed by atoms with van der Waals surface area (Å²) >= 11 is 0. The van der Waals surface area contributed by atoms with Crippen molar-refractivity contribution in [3.05, 3.63) is 59.2 Å². The van der Waals surface area contributed by atoms with Crippen molar-refractivity contribution in [1.29, 1.82) is 0 Å². The van der Waals surface area contributed by atoms with E-state index in [9.17, 15) is 4.79 Å². The number of ether oxygens (including phenoxy) is 2. The molecule has 0 aliphatic carbocycles. The van der Waals surface area contributed by atoms with Gasteiger partial charge in [-0.25, -0.2) is 0 Å². The van der Waals surface area contributed by atoms with Gasteiger partial charge in [0.2, 0.25) is 5.91 Å². The first-order valence-electron chi connectivity index (χ1n) is 8.63. The largest absolute Gasteiger partial charge is 0.497 e. The van der Waals surface area contributed by atoms with E-state index < -0.39 is 0 Å². The fourth-order valence-electron chi connectivity index (χ4n) is 2.71. The van der Waals surface area contributed by atoms with Gasteiger partial charge in [-0.1, -0.05) is 23.8 Å². The highest BCUT2D eigenvalue weighted by Crippen LogP contribution is 2.19. The van der Waals surface area contributed by atoms with Crippen LogP contribution in [0.25, 0.3) is 0 Å². The molecule has 1 N–H and O–H groups in total. The van der Waals surface area contributed by atoms with E-state index in [4.69, 9.17) is 9.47 Å². The van der Waals surface area contributed by atoms with E-state index >= 15 is 0 Å². The third-order valence-electron chi connectivity index (χ3n) is 4.16. The highest BCUT2D eigenvalue weighted by molar-refractivity contribution is 5.76. The zero-order chi connectivity index (χ0) is 18.2. The number of aryl methyl sites for hydroxylation is 2. The van der Waals surface area contributed by atoms with E-state index in [-0.39, 0.29) is 11.9 Å². The van der Waals surface area contributed by atoms with E-state index in [1.807, 2.05) is 31.2 Å². The minimum atomic E-state index is 0.00917. The highest BCUT2D eigenvalue weighted by atomic mass is 16.5. The molecule has 0 aliphatic rings. The SMILES string of the molecule is COc1ccc(OCCCC(=O)N[C@@H](C)c2cc(C)ccc2C)cc1. The van der Waals surface area contributed by atoms with Crippen LogP contribution in [0.4, 0.5) is 0 Å². The number of nitrogens with one attached hydrogen (secondary N) is 1. The third-order valence-corrected chi connectivity index (χ3v) is 4.16. The number of benzene rings is 2. The van der Waals surface area contributed by atoms with E-state index in [0.29, 0.717) is 19.4 Å². The average Bonchev–Trinajstić information content (AvgIpc) is 2.61. The molecule has 0 heterocycles. The van der Waals surface area contributed by atoms with Gasteiger partial charge >= 0.3 is 0 Å². The molecule has 0 saturated heterocycles. The Hall–Kier alpha value is -2.49. The number of hydrogen-bond acceptors (Lipinski definition) is 3. The summed E-state index contributed by atoms with van der Waals surface area (Å²) in [5, 5.41) is 3.07. The van der Waals surface area contributed by atoms with Gasteiger partial charge in [0.25, 0.3) is 0 Å². The van der Waals surface area contributed by atoms with Crippen molar-refractivity contribution in [1.82, 2.24) is 5.32 Å². The van der Waals surface area contributed by atoms with Crippen molar-refractivity contribution in [3.8, 4) is 11.5 Å². The van der Waals surface area contributed by atoms with Crippen LogP contribution in [0.5, 0.6) is 11.5 Å². The topological polar surface area (TPSA) is 47.6 Å². The molecule has 134 valence electrons. The summed E-state index contributed by atoms with van der Waals surface area (Å²) in [5.41, 5.74) is 3.57. The lowest BCUT2D eigenvalue weighted by molar-refractivity contribution is -0.121. The molecule has 25 heavy (non-hydrogen) atoms. The maximum absolute atomic E-state index is 12.1. The van der Waals surface area contributed by atoms with Crippen LogP contribution in [0, 0.1) is 13.8 Å². The second-order valence-electron chi connectivity index (χ2n) is 6.28. The molecule has 1 atom stereocenters. The van der Waals surface area contributed by atoms with Gasteiger partial charge in [-0.05, 0) is 62.6 Å². The number of amides is 1. The molecule has 2 rings (SSSR count). The summed E-state index contributed by atoms with van der Waals surface area (Å²) in [7, 11) is 1.63. The van der Waals surface area contributed by atoms with E-state index in [1.54, 1.807) is 7.11 Å². The quantitative estimate of drug-likeness (QED) is 0.726. The second-order valence-corrected chi connectivity index (χ2v) is 6.28. The zero-order valence-corrected chi connectivity index (χ0v) is 15.5. The molecule has 1 amide bonds. The minimum Gasteiger partial charge on any atom is -0.497 e. The first-order chi connectivity index (χ1) is 12.0. The van der Waals surface area contributed by atoms with Gasteiger partial charge < -0.3 is 14.8 Å². The molecule has 0 saturated carbocycles. The number of rotatable bonds is 8. The Kier molecular flexibility index (Phi) is 6.87. The summed E-state index contributed by atoms with van der Waals surface area (Å²) in [6.07, 6.45) is 1.13. The van der Waals surface area contributed by atoms with E-state index in [0.717, 1.165) is 11.5 Å². The number of carbonyl (C=O) groups excluding carboxylic acids is 1. The van der Waals surface area contributed by atoms with Crippen LogP contribution < -0.4 is 14.8 Å². The molecule has 0 bridgehead atoms. The standard InChI is InChI=1S/C21H27NO3/c1-15-7-8-16(2)20(14-15)17(3)22-21(23)6-5-13-25-19-11-9-18(24-4)10-12-19/h7-12,14,17H,5-6,13H2,1-4H3,(H,22,23)/t17-/m0/s1. The van der Waals surface area contributed by atoms with Crippen LogP contribution in [0.3, 0.4) is 0 Å². The molecular weight excluding hydrogens is 314 g/mol. The Morgan fingerprint density at radius 3 is 2.44 bits per heavy atom. The highest BCUT2D eigenvalue weighted by Gasteiger charge is 2.11. The molecule has 0 aliphatic heterocycles. The van der Waals surface area contributed by atoms with Gasteiger partial charge in [-0.2, -0.15) is 0 Å². The van der Waals surface area contributed by atoms with Crippen LogP contribution in [0.15, 0.2) is 42.5 Å². The fourth-order valence-corrected chi connectivity index (χ4v) is 2.71. The summed E-state index contributed by atoms with van der Waals surface area (Å²) in [6, 6.07) is 13.8. The smallest absolute Gasteiger partial charge is 0.220 e. The average molecular weight is 341 g/mol. The lowest BCUT2D eigenvalue weighted by Crippen LogP contribution is -2.27. The van der Waals surface area contributed by atoms with Crippen molar-refractivity contribution >= 4 is 5.91 Å². The van der Waals surface area contributed by atoms with Gasteiger partial charge in [0.1, 0.15) is 11.5 Å². The summed E-state index contributed by atoms with van der Waals surface area (Å²) < 4.78 is 10.8. The van der Waals surface area contributed by atoms with Crippen molar-refractivity contribution in [2.75, 3.05) is 13.7 Å². The lowest BCUT2D eigenvalue weighted by Gasteiger charge is -2.17. The normalized spacial score (nSPS) is 11.7. The van der Waals surface area contributed by atoms with Gasteiger partial charge in [0, 0.05) is 6.42 Å². The number of methoxy groups -OCH3 is 1. The molecule has 0 unspecified atom stereocenters. The molecule has 0 radical (unpaired) electrons. The van der Waals surface area contributed by atoms with Gasteiger partial charge in [-0.3, -0.25) is 4.79 Å². The Morgan fingerprint density at radius 2 is 1.76 bits per heavy atom. The van der Waals surface area contributed by atoms with E-state index in [2.05, 4.69) is 37.4 Å². The van der Waals surface area contributed by atoms with Crippen molar-refractivity contribution in [2.24, 2.45) is 0 Å². The fraction of sp³-hybridized carbons (Fsp3) is 0.381. The predicted molar refractivity (Wildman–Crippen MR) is 100 cm³/mol. The summed E-state index contributed by atoms with van der Waals surface area (Å²) in [6.45, 7) is 6.67. The van der Waals surface area contributed by atoms with Crippen LogP contribution in [0.2, 0.25) is 0 Å². The summed E-state index contributed by atoms with van der Waals surface area (Å²) in [4.78, 5) is 12.1. The second kappa shape index (κ2) is 9.11. The molecular formula is C21H27NO3. The van der Waals surface area contributed by atoms with Crippen LogP contribution in [-0.4, -0.2) is 19.6 Å². The first kappa shape index (κ1) is 18.8. The van der Waals surface area contributed by atoms with Gasteiger partial charge in [-0.15, -0.1) is 0 Å². The molecule has 4 heteroatoms. The van der Waals surface area contributed by atoms with Crippen LogP contribution in [0.1, 0.15) is 42.5 Å². The summed E-state index contributed by atoms with van der Waals surface area (Å²) in [5.74, 6) is 1.63. The van der Waals surface area contributed by atoms with Crippen LogP contribution >= 0.6 is 0 Å². The maximum Gasteiger partial charge on any atom is 0.220 e. The first-order valence-corrected chi connectivity index (χ1v) is 8.63. The maximum atomic E-state index is 12.1. The Labute approximate surface area is 150 Å². The Balaban J connectivity index is 1.73. The lowest BCUT2D eigenvalue weighted by atomic mass is 10.00. The third kappa shape index (κ3) is 5.82. The monoisotopic (exact) mass is 341 g/mol. The Morgan fingerprint density at radius 1 is 1.08 bits per heavy atom.